The first kappa shape index (κ1) is 29.2. The number of alkyl halides is 1. The van der Waals surface area contributed by atoms with Gasteiger partial charge < -0.3 is 35.5 Å². The number of aromatic amines is 1. The van der Waals surface area contributed by atoms with E-state index in [0.29, 0.717) is 0 Å². The number of aliphatic hydroxyl groups excluding tert-OH is 3. The normalized spacial score (nSPS) is 30.6. The fraction of sp³-hybridized carbons (Fsp3) is 0.455. The molecule has 44 heavy (non-hydrogen) atoms. The summed E-state index contributed by atoms with van der Waals surface area (Å²) in [6.45, 7) is -5.79. The van der Waals surface area contributed by atoms with Gasteiger partial charge in [-0.05, 0) is 0 Å². The van der Waals surface area contributed by atoms with Crippen LogP contribution in [0.4, 0.5) is 10.2 Å². The number of ether oxygens (including phenoxy) is 2. The summed E-state index contributed by atoms with van der Waals surface area (Å²) < 4.78 is 54.9. The SMILES string of the molecule is Nc1ncnc2c1ncn2[C@@H]1O[C@H](COP(=O)(S)O[C@@H]2[C@H](F)[C@@H](CO)O[C@H]2n2cnc3c(=O)n4cc[nH]c4nc32)[C@@H](O)[C@H]1O. The van der Waals surface area contributed by atoms with Gasteiger partial charge in [0, 0.05) is 12.4 Å². The van der Waals surface area contributed by atoms with Crippen LogP contribution < -0.4 is 11.3 Å². The number of hydrogen-bond acceptors (Lipinski definition) is 15. The lowest BCUT2D eigenvalue weighted by Gasteiger charge is -2.25. The minimum atomic E-state index is -4.44. The Bertz CT molecular complexity index is 1970. The standard InChI is InChI=1S/C22H24FN10O9PS/c23-10-8(3-34)40-21(33-7-29-12-18(33)30-22-25-1-2-31(22)19(12)37)15(10)42-43(38,44)39-4-9-13(35)14(36)20(41-9)32-6-28-11-16(24)26-5-27-17(11)32/h1-2,5-10,13-15,20-21,34-36H,3-4H2,(H,25,30)(H,38,44)(H2,24,26,27)/t8-,9-,10-,13-,14-,15-,20-,21-,43?/m1/s1. The molecule has 2 saturated heterocycles. The number of rotatable bonds is 8. The summed E-state index contributed by atoms with van der Waals surface area (Å²) in [5, 5.41) is 31.0. The second-order valence-electron chi connectivity index (χ2n) is 10.1. The van der Waals surface area contributed by atoms with E-state index in [1.807, 2.05) is 0 Å². The molecule has 0 spiro atoms. The summed E-state index contributed by atoms with van der Waals surface area (Å²) in [6.07, 6.45) is -5.28. The zero-order valence-electron chi connectivity index (χ0n) is 22.1. The Morgan fingerprint density at radius 1 is 1.07 bits per heavy atom. The molecule has 2 aliphatic rings. The van der Waals surface area contributed by atoms with Crippen LogP contribution in [0.2, 0.25) is 0 Å². The number of anilines is 1. The number of nitrogens with two attached hydrogens (primary N) is 1. The van der Waals surface area contributed by atoms with E-state index >= 15 is 4.39 Å². The highest BCUT2D eigenvalue weighted by Gasteiger charge is 2.51. The van der Waals surface area contributed by atoms with Crippen LogP contribution in [0.5, 0.6) is 0 Å². The molecule has 0 bridgehead atoms. The molecule has 0 saturated carbocycles. The number of hydrogen-bond donors (Lipinski definition) is 6. The molecule has 0 radical (unpaired) electrons. The zero-order chi connectivity index (χ0) is 30.9. The minimum absolute atomic E-state index is 0.0123. The smallest absolute Gasteiger partial charge is 0.386 e. The molecule has 19 nitrogen and oxygen atoms in total. The van der Waals surface area contributed by atoms with Crippen LogP contribution in [-0.4, -0.2) is 109 Å². The van der Waals surface area contributed by atoms with Gasteiger partial charge in [-0.1, -0.05) is 12.2 Å². The number of H-pyrrole nitrogens is 1. The Hall–Kier alpha value is -3.53. The van der Waals surface area contributed by atoms with Crippen molar-refractivity contribution >= 4 is 53.0 Å². The van der Waals surface area contributed by atoms with Crippen LogP contribution in [0.1, 0.15) is 12.5 Å². The van der Waals surface area contributed by atoms with Crippen molar-refractivity contribution in [3.8, 4) is 0 Å². The molecule has 7 heterocycles. The van der Waals surface area contributed by atoms with Crippen molar-refractivity contribution in [1.82, 2.24) is 43.4 Å². The van der Waals surface area contributed by atoms with Crippen molar-refractivity contribution in [2.24, 2.45) is 0 Å². The molecular weight excluding hydrogens is 630 g/mol. The minimum Gasteiger partial charge on any atom is -0.394 e. The van der Waals surface area contributed by atoms with E-state index in [1.54, 1.807) is 0 Å². The number of aromatic nitrogens is 9. The summed E-state index contributed by atoms with van der Waals surface area (Å²) in [4.78, 5) is 36.1. The lowest BCUT2D eigenvalue weighted by molar-refractivity contribution is -0.0550. The van der Waals surface area contributed by atoms with Gasteiger partial charge in [-0.2, -0.15) is 4.98 Å². The number of imidazole rings is 3. The van der Waals surface area contributed by atoms with Gasteiger partial charge >= 0.3 is 6.80 Å². The van der Waals surface area contributed by atoms with E-state index in [2.05, 4.69) is 42.2 Å². The van der Waals surface area contributed by atoms with Crippen molar-refractivity contribution < 1.29 is 42.8 Å². The molecule has 22 heteroatoms. The molecule has 9 atom stereocenters. The predicted molar refractivity (Wildman–Crippen MR) is 148 cm³/mol. The Morgan fingerprint density at radius 3 is 2.57 bits per heavy atom. The molecule has 7 rings (SSSR count). The first-order valence-electron chi connectivity index (χ1n) is 13.0. The number of nitrogens with one attached hydrogen (secondary N) is 1. The first-order chi connectivity index (χ1) is 21.1. The monoisotopic (exact) mass is 654 g/mol. The van der Waals surface area contributed by atoms with Crippen molar-refractivity contribution in [3.63, 3.8) is 0 Å². The maximum absolute atomic E-state index is 15.5. The molecule has 0 aliphatic carbocycles. The molecule has 5 aromatic rings. The van der Waals surface area contributed by atoms with Gasteiger partial charge in [-0.15, -0.1) is 0 Å². The number of nitrogens with zero attached hydrogens (tertiary/aromatic N) is 8. The highest BCUT2D eigenvalue weighted by Crippen LogP contribution is 2.57. The molecule has 6 N–H and O–H groups in total. The van der Waals surface area contributed by atoms with Crippen LogP contribution in [0.3, 0.4) is 0 Å². The van der Waals surface area contributed by atoms with Crippen LogP contribution in [0.25, 0.3) is 28.1 Å². The summed E-state index contributed by atoms with van der Waals surface area (Å²) in [5.41, 5.74) is 5.75. The predicted octanol–water partition coefficient (Wildman–Crippen LogP) is -0.919. The lowest BCUT2D eigenvalue weighted by atomic mass is 10.1. The van der Waals surface area contributed by atoms with E-state index in [-0.39, 0.29) is 33.9 Å². The maximum Gasteiger partial charge on any atom is 0.386 e. The van der Waals surface area contributed by atoms with Gasteiger partial charge in [-0.3, -0.25) is 27.4 Å². The molecule has 5 aromatic heterocycles. The molecule has 2 aliphatic heterocycles. The third kappa shape index (κ3) is 4.68. The van der Waals surface area contributed by atoms with E-state index in [1.165, 1.54) is 44.9 Å². The fourth-order valence-electron chi connectivity index (χ4n) is 5.28. The van der Waals surface area contributed by atoms with Gasteiger partial charge in [-0.25, -0.2) is 28.9 Å². The third-order valence-corrected chi connectivity index (χ3v) is 9.05. The Kier molecular flexibility index (Phi) is 7.18. The Labute approximate surface area is 249 Å². The molecule has 2 fully saturated rings. The number of thiol groups is 1. The average Bonchev–Trinajstić information content (AvgIpc) is 3.82. The molecule has 0 amide bonds. The average molecular weight is 655 g/mol. The number of halogens is 1. The fourth-order valence-corrected chi connectivity index (χ4v) is 6.73. The molecule has 234 valence electrons. The van der Waals surface area contributed by atoms with Gasteiger partial charge in [0.1, 0.15) is 42.4 Å². The number of nitrogen functional groups attached to an aromatic ring is 1. The van der Waals surface area contributed by atoms with Crippen molar-refractivity contribution in [2.45, 2.75) is 49.1 Å². The zero-order valence-corrected chi connectivity index (χ0v) is 23.9. The summed E-state index contributed by atoms with van der Waals surface area (Å²) >= 11 is 3.98. The van der Waals surface area contributed by atoms with Crippen LogP contribution in [0, 0.1) is 0 Å². The summed E-state index contributed by atoms with van der Waals surface area (Å²) in [7, 11) is 0. The lowest BCUT2D eigenvalue weighted by Crippen LogP contribution is -2.34. The van der Waals surface area contributed by atoms with E-state index in [0.717, 1.165) is 0 Å². The molecular formula is C22H24FN10O9PS. The van der Waals surface area contributed by atoms with Crippen molar-refractivity contribution in [2.75, 3.05) is 18.9 Å². The van der Waals surface area contributed by atoms with Gasteiger partial charge in [0.2, 0.25) is 5.78 Å². The number of aliphatic hydroxyl groups is 3. The van der Waals surface area contributed by atoms with Gasteiger partial charge in [0.05, 0.1) is 25.9 Å². The van der Waals surface area contributed by atoms with E-state index in [9.17, 15) is 24.7 Å². The van der Waals surface area contributed by atoms with Crippen molar-refractivity contribution in [1.29, 1.82) is 0 Å². The quantitative estimate of drug-likeness (QED) is 0.0874. The van der Waals surface area contributed by atoms with Gasteiger partial charge in [0.15, 0.2) is 41.3 Å². The summed E-state index contributed by atoms with van der Waals surface area (Å²) in [6, 6.07) is 0. The highest BCUT2D eigenvalue weighted by molar-refractivity contribution is 8.44. The van der Waals surface area contributed by atoms with Crippen LogP contribution in [0.15, 0.2) is 36.2 Å². The molecule has 1 unspecified atom stereocenters. The van der Waals surface area contributed by atoms with E-state index in [4.69, 9.17) is 24.3 Å². The summed E-state index contributed by atoms with van der Waals surface area (Å²) in [5.74, 6) is 0.275. The Balaban J connectivity index is 1.10. The third-order valence-electron chi connectivity index (χ3n) is 7.44. The topological polar surface area (TPSA) is 252 Å². The largest absolute Gasteiger partial charge is 0.394 e. The maximum atomic E-state index is 15.5. The highest BCUT2D eigenvalue weighted by atomic mass is 32.7. The van der Waals surface area contributed by atoms with Gasteiger partial charge in [0.25, 0.3) is 5.56 Å². The molecule has 0 aromatic carbocycles. The van der Waals surface area contributed by atoms with Crippen LogP contribution in [-0.2, 0) is 23.1 Å². The second-order valence-corrected chi connectivity index (χ2v) is 12.9. The van der Waals surface area contributed by atoms with E-state index < -0.39 is 74.7 Å². The Morgan fingerprint density at radius 2 is 1.80 bits per heavy atom. The van der Waals surface area contributed by atoms with Crippen LogP contribution >= 0.6 is 19.0 Å². The number of fused-ring (bicyclic) bond motifs is 3. The second kappa shape index (κ2) is 10.8. The van der Waals surface area contributed by atoms with Crippen molar-refractivity contribution in [3.05, 3.63) is 41.7 Å². The first-order valence-corrected chi connectivity index (χ1v) is 15.7.